The van der Waals surface area contributed by atoms with Gasteiger partial charge in [-0.25, -0.2) is 8.78 Å². The maximum absolute atomic E-state index is 11.7. The molecule has 1 saturated heterocycles. The first-order valence-corrected chi connectivity index (χ1v) is 5.56. The van der Waals surface area contributed by atoms with Gasteiger partial charge in [-0.2, -0.15) is 0 Å². The highest BCUT2D eigenvalue weighted by molar-refractivity contribution is 4.70. The van der Waals surface area contributed by atoms with E-state index in [4.69, 9.17) is 4.74 Å². The molecule has 90 valence electrons. The Balaban J connectivity index is 1.83. The molecule has 0 amide bonds. The normalized spacial score (nSPS) is 22.2. The Labute approximate surface area is 89.6 Å². The molecule has 1 rings (SSSR count). The molecule has 1 fully saturated rings. The molecule has 5 heteroatoms. The lowest BCUT2D eigenvalue weighted by Gasteiger charge is -2.22. The van der Waals surface area contributed by atoms with Crippen molar-refractivity contribution in [3.8, 4) is 0 Å². The summed E-state index contributed by atoms with van der Waals surface area (Å²) in [5.74, 6) is 0.675. The van der Waals surface area contributed by atoms with Gasteiger partial charge in [-0.15, -0.1) is 0 Å². The molecule has 3 nitrogen and oxygen atoms in total. The fourth-order valence-corrected chi connectivity index (χ4v) is 1.72. The number of hydrogen-bond donors (Lipinski definition) is 2. The molecule has 2 N–H and O–H groups in total. The van der Waals surface area contributed by atoms with Gasteiger partial charge in [0.05, 0.1) is 6.61 Å². The largest absolute Gasteiger partial charge is 0.374 e. The molecule has 0 aromatic rings. The minimum absolute atomic E-state index is 0.366. The predicted molar refractivity (Wildman–Crippen MR) is 55.3 cm³/mol. The molecule has 1 atom stereocenters. The second-order valence-electron chi connectivity index (χ2n) is 3.88. The number of nitrogens with one attached hydrogen (secondary N) is 2. The van der Waals surface area contributed by atoms with Crippen molar-refractivity contribution in [1.82, 2.24) is 10.6 Å². The van der Waals surface area contributed by atoms with Crippen molar-refractivity contribution in [2.75, 3.05) is 39.4 Å². The fraction of sp³-hybridized carbons (Fsp3) is 1.00. The van der Waals surface area contributed by atoms with Crippen LogP contribution >= 0.6 is 0 Å². The fourth-order valence-electron chi connectivity index (χ4n) is 1.72. The van der Waals surface area contributed by atoms with Crippen molar-refractivity contribution in [2.24, 2.45) is 5.92 Å². The van der Waals surface area contributed by atoms with E-state index in [1.165, 1.54) is 12.8 Å². The van der Waals surface area contributed by atoms with E-state index in [-0.39, 0.29) is 0 Å². The van der Waals surface area contributed by atoms with E-state index >= 15 is 0 Å². The van der Waals surface area contributed by atoms with Crippen LogP contribution in [0.15, 0.2) is 0 Å². The number of ether oxygens (including phenoxy) is 1. The monoisotopic (exact) mass is 222 g/mol. The van der Waals surface area contributed by atoms with Crippen LogP contribution in [0.3, 0.4) is 0 Å². The highest BCUT2D eigenvalue weighted by Crippen LogP contribution is 2.07. The minimum atomic E-state index is -2.35. The third-order valence-electron chi connectivity index (χ3n) is 2.50. The number of rotatable bonds is 7. The Bertz CT molecular complexity index is 152. The van der Waals surface area contributed by atoms with Gasteiger partial charge in [-0.05, 0) is 38.4 Å². The van der Waals surface area contributed by atoms with Gasteiger partial charge in [0.15, 0.2) is 0 Å². The van der Waals surface area contributed by atoms with Gasteiger partial charge in [0, 0.05) is 6.54 Å². The molecular weight excluding hydrogens is 202 g/mol. The van der Waals surface area contributed by atoms with Gasteiger partial charge in [0.2, 0.25) is 0 Å². The van der Waals surface area contributed by atoms with E-state index in [0.29, 0.717) is 19.1 Å². The minimum Gasteiger partial charge on any atom is -0.374 e. The first-order valence-electron chi connectivity index (χ1n) is 5.56. The Morgan fingerprint density at radius 3 is 3.00 bits per heavy atom. The molecule has 0 bridgehead atoms. The molecule has 0 spiro atoms. The zero-order valence-corrected chi connectivity index (χ0v) is 8.98. The standard InChI is InChI=1S/C10H20F2N2O/c11-10(12)8-15-5-4-14-7-9-2-1-3-13-6-9/h9-10,13-14H,1-8H2. The lowest BCUT2D eigenvalue weighted by atomic mass is 10.00. The molecule has 0 aromatic carbocycles. The zero-order chi connectivity index (χ0) is 10.9. The molecule has 1 aliphatic rings. The molecular formula is C10H20F2N2O. The first kappa shape index (κ1) is 12.8. The summed E-state index contributed by atoms with van der Waals surface area (Å²) in [6.45, 7) is 3.70. The summed E-state index contributed by atoms with van der Waals surface area (Å²) < 4.78 is 28.1. The molecule has 0 aromatic heterocycles. The molecule has 1 heterocycles. The van der Waals surface area contributed by atoms with Gasteiger partial charge in [0.25, 0.3) is 6.43 Å². The second-order valence-corrected chi connectivity index (χ2v) is 3.88. The molecule has 1 unspecified atom stereocenters. The first-order chi connectivity index (χ1) is 7.29. The number of piperidine rings is 1. The van der Waals surface area contributed by atoms with Crippen molar-refractivity contribution in [2.45, 2.75) is 19.3 Å². The second kappa shape index (κ2) is 7.96. The summed E-state index contributed by atoms with van der Waals surface area (Å²) in [7, 11) is 0. The van der Waals surface area contributed by atoms with Crippen LogP contribution in [0.2, 0.25) is 0 Å². The van der Waals surface area contributed by atoms with Crippen LogP contribution in [-0.2, 0) is 4.74 Å². The third kappa shape index (κ3) is 6.76. The van der Waals surface area contributed by atoms with Crippen molar-refractivity contribution >= 4 is 0 Å². The third-order valence-corrected chi connectivity index (χ3v) is 2.50. The van der Waals surface area contributed by atoms with Gasteiger partial charge in [-0.3, -0.25) is 0 Å². The van der Waals surface area contributed by atoms with Crippen molar-refractivity contribution in [3.05, 3.63) is 0 Å². The van der Waals surface area contributed by atoms with Gasteiger partial charge < -0.3 is 15.4 Å². The van der Waals surface area contributed by atoms with E-state index in [1.807, 2.05) is 0 Å². The van der Waals surface area contributed by atoms with Crippen LogP contribution in [0.5, 0.6) is 0 Å². The van der Waals surface area contributed by atoms with Crippen LogP contribution < -0.4 is 10.6 Å². The summed E-state index contributed by atoms with van der Waals surface area (Å²) in [6, 6.07) is 0. The van der Waals surface area contributed by atoms with E-state index in [2.05, 4.69) is 10.6 Å². The quantitative estimate of drug-likeness (QED) is 0.627. The molecule has 0 saturated carbocycles. The van der Waals surface area contributed by atoms with Crippen LogP contribution in [0.25, 0.3) is 0 Å². The Kier molecular flexibility index (Phi) is 6.80. The maximum atomic E-state index is 11.7. The zero-order valence-electron chi connectivity index (χ0n) is 8.98. The summed E-state index contributed by atoms with van der Waals surface area (Å²) in [4.78, 5) is 0. The van der Waals surface area contributed by atoms with Crippen molar-refractivity contribution in [3.63, 3.8) is 0 Å². The summed E-state index contributed by atoms with van der Waals surface area (Å²) >= 11 is 0. The van der Waals surface area contributed by atoms with E-state index < -0.39 is 13.0 Å². The topological polar surface area (TPSA) is 33.3 Å². The number of alkyl halides is 2. The number of hydrogen-bond acceptors (Lipinski definition) is 3. The van der Waals surface area contributed by atoms with E-state index in [9.17, 15) is 8.78 Å². The van der Waals surface area contributed by atoms with Crippen LogP contribution in [0.1, 0.15) is 12.8 Å². The Hall–Kier alpha value is -0.260. The van der Waals surface area contributed by atoms with Gasteiger partial charge in [0.1, 0.15) is 6.61 Å². The SMILES string of the molecule is FC(F)COCCNCC1CCCNC1. The smallest absolute Gasteiger partial charge is 0.261 e. The predicted octanol–water partition coefficient (Wildman–Crippen LogP) is 0.857. The van der Waals surface area contributed by atoms with E-state index in [1.54, 1.807) is 0 Å². The van der Waals surface area contributed by atoms with Gasteiger partial charge in [-0.1, -0.05) is 0 Å². The van der Waals surface area contributed by atoms with Crippen LogP contribution in [0, 0.1) is 5.92 Å². The van der Waals surface area contributed by atoms with Crippen LogP contribution in [0.4, 0.5) is 8.78 Å². The number of halogens is 2. The van der Waals surface area contributed by atoms with Crippen LogP contribution in [-0.4, -0.2) is 45.8 Å². The molecule has 1 aliphatic heterocycles. The summed E-state index contributed by atoms with van der Waals surface area (Å²) in [5, 5.41) is 6.55. The average Bonchev–Trinajstić information content (AvgIpc) is 2.24. The molecule has 0 aliphatic carbocycles. The summed E-state index contributed by atoms with van der Waals surface area (Å²) in [6.07, 6.45) is 0.124. The molecule has 15 heavy (non-hydrogen) atoms. The van der Waals surface area contributed by atoms with E-state index in [0.717, 1.165) is 19.6 Å². The summed E-state index contributed by atoms with van der Waals surface area (Å²) in [5.41, 5.74) is 0. The Morgan fingerprint density at radius 2 is 2.33 bits per heavy atom. The lowest BCUT2D eigenvalue weighted by molar-refractivity contribution is 0.0186. The van der Waals surface area contributed by atoms with Crippen molar-refractivity contribution in [1.29, 1.82) is 0 Å². The highest BCUT2D eigenvalue weighted by Gasteiger charge is 2.11. The van der Waals surface area contributed by atoms with Gasteiger partial charge >= 0.3 is 0 Å². The highest BCUT2D eigenvalue weighted by atomic mass is 19.3. The molecule has 0 radical (unpaired) electrons. The lowest BCUT2D eigenvalue weighted by Crippen LogP contribution is -2.37. The average molecular weight is 222 g/mol. The van der Waals surface area contributed by atoms with Crippen molar-refractivity contribution < 1.29 is 13.5 Å². The Morgan fingerprint density at radius 1 is 1.47 bits per heavy atom. The maximum Gasteiger partial charge on any atom is 0.261 e.